The number of nitrogens with one attached hydrogen (secondary N) is 1. The molecule has 0 atom stereocenters. The highest BCUT2D eigenvalue weighted by atomic mass is 16.2. The van der Waals surface area contributed by atoms with Crippen LogP contribution in [0, 0.1) is 0 Å². The number of likely N-dealkylation sites (tertiary alicyclic amines) is 1. The van der Waals surface area contributed by atoms with Gasteiger partial charge in [0, 0.05) is 25.7 Å². The maximum Gasteiger partial charge on any atom is 0.317 e. The number of amides is 2. The quantitative estimate of drug-likeness (QED) is 0.847. The molecule has 0 radical (unpaired) electrons. The third-order valence-electron chi connectivity index (χ3n) is 3.36. The molecule has 1 aromatic carbocycles. The van der Waals surface area contributed by atoms with E-state index in [2.05, 4.69) is 17.4 Å². The number of piperidine rings is 1. The molecule has 4 heteroatoms. The number of urea groups is 1. The highest BCUT2D eigenvalue weighted by molar-refractivity contribution is 5.74. The summed E-state index contributed by atoms with van der Waals surface area (Å²) in [6.07, 6.45) is 2.69. The first-order valence-corrected chi connectivity index (χ1v) is 6.58. The van der Waals surface area contributed by atoms with Gasteiger partial charge >= 0.3 is 6.03 Å². The Labute approximate surface area is 108 Å². The van der Waals surface area contributed by atoms with Gasteiger partial charge in [-0.05, 0) is 24.8 Å². The average molecular weight is 247 g/mol. The van der Waals surface area contributed by atoms with E-state index < -0.39 is 0 Å². The van der Waals surface area contributed by atoms with Crippen LogP contribution >= 0.6 is 0 Å². The minimum atomic E-state index is 0.0397. The fourth-order valence-corrected chi connectivity index (χ4v) is 2.17. The maximum absolute atomic E-state index is 11.9. The lowest BCUT2D eigenvalue weighted by atomic mass is 10.1. The van der Waals surface area contributed by atoms with Crippen LogP contribution in [0.1, 0.15) is 18.4 Å². The van der Waals surface area contributed by atoms with Crippen molar-refractivity contribution in [3.8, 4) is 0 Å². The molecular weight excluding hydrogens is 226 g/mol. The van der Waals surface area contributed by atoms with Crippen LogP contribution in [0.15, 0.2) is 30.3 Å². The van der Waals surface area contributed by atoms with Crippen LogP contribution in [0.5, 0.6) is 0 Å². The van der Waals surface area contributed by atoms with Gasteiger partial charge in [-0.3, -0.25) is 0 Å². The van der Waals surface area contributed by atoms with Gasteiger partial charge in [0.05, 0.1) is 0 Å². The number of nitrogens with two attached hydrogens (primary N) is 1. The van der Waals surface area contributed by atoms with E-state index in [1.807, 2.05) is 23.1 Å². The Kier molecular flexibility index (Phi) is 4.59. The second kappa shape index (κ2) is 6.40. The first-order valence-electron chi connectivity index (χ1n) is 6.58. The number of carbonyl (C=O) groups is 1. The minimum Gasteiger partial charge on any atom is -0.338 e. The smallest absolute Gasteiger partial charge is 0.317 e. The van der Waals surface area contributed by atoms with E-state index in [1.165, 1.54) is 5.56 Å². The molecule has 1 aliphatic heterocycles. The number of benzene rings is 1. The van der Waals surface area contributed by atoms with Crippen LogP contribution in [0.4, 0.5) is 4.79 Å². The number of carbonyl (C=O) groups excluding carboxylic acids is 1. The maximum atomic E-state index is 11.9. The third kappa shape index (κ3) is 3.74. The summed E-state index contributed by atoms with van der Waals surface area (Å²) in [6.45, 7) is 2.24. The summed E-state index contributed by atoms with van der Waals surface area (Å²) >= 11 is 0. The normalized spacial score (nSPS) is 16.6. The van der Waals surface area contributed by atoms with E-state index in [9.17, 15) is 4.79 Å². The summed E-state index contributed by atoms with van der Waals surface area (Å²) < 4.78 is 0. The Morgan fingerprint density at radius 3 is 2.61 bits per heavy atom. The van der Waals surface area contributed by atoms with Crippen molar-refractivity contribution in [2.45, 2.75) is 25.3 Å². The summed E-state index contributed by atoms with van der Waals surface area (Å²) in [5.41, 5.74) is 7.06. The van der Waals surface area contributed by atoms with E-state index in [-0.39, 0.29) is 12.1 Å². The Morgan fingerprint density at radius 1 is 1.28 bits per heavy atom. The summed E-state index contributed by atoms with van der Waals surface area (Å²) in [5, 5.41) is 2.96. The molecule has 0 aromatic heterocycles. The second-order valence-electron chi connectivity index (χ2n) is 4.79. The molecule has 1 fully saturated rings. The molecular formula is C14H21N3O. The molecule has 1 heterocycles. The Morgan fingerprint density at radius 2 is 1.94 bits per heavy atom. The van der Waals surface area contributed by atoms with Gasteiger partial charge in [-0.1, -0.05) is 30.3 Å². The van der Waals surface area contributed by atoms with Gasteiger partial charge in [-0.2, -0.15) is 0 Å². The second-order valence-corrected chi connectivity index (χ2v) is 4.79. The van der Waals surface area contributed by atoms with Crippen molar-refractivity contribution in [3.63, 3.8) is 0 Å². The van der Waals surface area contributed by atoms with Gasteiger partial charge in [-0.25, -0.2) is 4.79 Å². The van der Waals surface area contributed by atoms with Gasteiger partial charge in [0.25, 0.3) is 0 Å². The van der Waals surface area contributed by atoms with Crippen molar-refractivity contribution in [1.29, 1.82) is 0 Å². The van der Waals surface area contributed by atoms with E-state index in [4.69, 9.17) is 5.73 Å². The Bertz CT molecular complexity index is 372. The molecule has 2 amide bonds. The van der Waals surface area contributed by atoms with Gasteiger partial charge in [0.2, 0.25) is 0 Å². The van der Waals surface area contributed by atoms with Gasteiger partial charge in [-0.15, -0.1) is 0 Å². The van der Waals surface area contributed by atoms with Gasteiger partial charge in [0.15, 0.2) is 0 Å². The number of hydrogen-bond acceptors (Lipinski definition) is 2. The lowest BCUT2D eigenvalue weighted by Gasteiger charge is -2.30. The van der Waals surface area contributed by atoms with Crippen LogP contribution in [0.25, 0.3) is 0 Å². The molecule has 18 heavy (non-hydrogen) atoms. The van der Waals surface area contributed by atoms with Gasteiger partial charge < -0.3 is 16.0 Å². The van der Waals surface area contributed by atoms with Crippen molar-refractivity contribution < 1.29 is 4.79 Å². The molecule has 0 bridgehead atoms. The molecule has 1 aromatic rings. The molecule has 98 valence electrons. The molecule has 0 unspecified atom stereocenters. The van der Waals surface area contributed by atoms with Crippen LogP contribution in [0.3, 0.4) is 0 Å². The fraction of sp³-hybridized carbons (Fsp3) is 0.500. The SMILES string of the molecule is NC1CCN(C(=O)NCCc2ccccc2)CC1. The van der Waals surface area contributed by atoms with Crippen LogP contribution in [-0.4, -0.2) is 36.6 Å². The summed E-state index contributed by atoms with van der Waals surface area (Å²) in [6, 6.07) is 10.5. The zero-order valence-corrected chi connectivity index (χ0v) is 10.6. The van der Waals surface area contributed by atoms with Gasteiger partial charge in [0.1, 0.15) is 0 Å². The fourth-order valence-electron chi connectivity index (χ4n) is 2.17. The predicted octanol–water partition coefficient (Wildman–Crippen LogP) is 1.36. The Hall–Kier alpha value is -1.55. The van der Waals surface area contributed by atoms with Crippen molar-refractivity contribution in [1.82, 2.24) is 10.2 Å². The highest BCUT2D eigenvalue weighted by Crippen LogP contribution is 2.08. The lowest BCUT2D eigenvalue weighted by molar-refractivity contribution is 0.182. The summed E-state index contributed by atoms with van der Waals surface area (Å²) in [4.78, 5) is 13.7. The summed E-state index contributed by atoms with van der Waals surface area (Å²) in [5.74, 6) is 0. The van der Waals surface area contributed by atoms with E-state index in [0.29, 0.717) is 6.54 Å². The molecule has 4 nitrogen and oxygen atoms in total. The number of nitrogens with zero attached hydrogens (tertiary/aromatic N) is 1. The van der Waals surface area contributed by atoms with Crippen LogP contribution in [0.2, 0.25) is 0 Å². The molecule has 0 aliphatic carbocycles. The van der Waals surface area contributed by atoms with E-state index in [0.717, 1.165) is 32.4 Å². The Balaban J connectivity index is 1.69. The molecule has 1 aliphatic rings. The average Bonchev–Trinajstić information content (AvgIpc) is 2.40. The van der Waals surface area contributed by atoms with Crippen molar-refractivity contribution in [2.75, 3.05) is 19.6 Å². The molecule has 0 saturated carbocycles. The first-order chi connectivity index (χ1) is 8.75. The molecule has 1 saturated heterocycles. The minimum absolute atomic E-state index is 0.0397. The monoisotopic (exact) mass is 247 g/mol. The van der Waals surface area contributed by atoms with Crippen molar-refractivity contribution in [3.05, 3.63) is 35.9 Å². The highest BCUT2D eigenvalue weighted by Gasteiger charge is 2.19. The molecule has 0 spiro atoms. The van der Waals surface area contributed by atoms with Crippen LogP contribution in [-0.2, 0) is 6.42 Å². The largest absolute Gasteiger partial charge is 0.338 e. The van der Waals surface area contributed by atoms with Crippen LogP contribution < -0.4 is 11.1 Å². The number of rotatable bonds is 3. The zero-order chi connectivity index (χ0) is 12.8. The predicted molar refractivity (Wildman–Crippen MR) is 72.3 cm³/mol. The zero-order valence-electron chi connectivity index (χ0n) is 10.6. The first kappa shape index (κ1) is 12.9. The van der Waals surface area contributed by atoms with E-state index >= 15 is 0 Å². The number of hydrogen-bond donors (Lipinski definition) is 2. The summed E-state index contributed by atoms with van der Waals surface area (Å²) in [7, 11) is 0. The molecule has 3 N–H and O–H groups in total. The van der Waals surface area contributed by atoms with E-state index in [1.54, 1.807) is 0 Å². The van der Waals surface area contributed by atoms with Crippen molar-refractivity contribution in [2.24, 2.45) is 5.73 Å². The lowest BCUT2D eigenvalue weighted by Crippen LogP contribution is -2.47. The van der Waals surface area contributed by atoms with Crippen molar-refractivity contribution >= 4 is 6.03 Å². The standard InChI is InChI=1S/C14H21N3O/c15-13-7-10-17(11-8-13)14(18)16-9-6-12-4-2-1-3-5-12/h1-5,13H,6-11,15H2,(H,16,18). The molecule has 2 rings (SSSR count). The topological polar surface area (TPSA) is 58.4 Å². The third-order valence-corrected chi connectivity index (χ3v) is 3.36.